The van der Waals surface area contributed by atoms with Crippen molar-refractivity contribution in [3.05, 3.63) is 71.5 Å². The van der Waals surface area contributed by atoms with Gasteiger partial charge in [-0.25, -0.2) is 4.39 Å². The predicted molar refractivity (Wildman–Crippen MR) is 78.4 cm³/mol. The number of hydrogen-bond donors (Lipinski definition) is 1. The van der Waals surface area contributed by atoms with E-state index >= 15 is 0 Å². The smallest absolute Gasteiger partial charge is 0.147 e. The van der Waals surface area contributed by atoms with E-state index < -0.39 is 6.10 Å². The number of aliphatic hydroxyl groups excluding tert-OH is 1. The highest BCUT2D eigenvalue weighted by Gasteiger charge is 2.25. The Labute approximate surface area is 124 Å². The minimum atomic E-state index is -0.405. The first-order chi connectivity index (χ1) is 10.3. The number of methoxy groups -OCH3 is 1. The Morgan fingerprint density at radius 3 is 2.24 bits per heavy atom. The molecule has 2 atom stereocenters. The molecule has 2 rings (SSSR count). The largest absolute Gasteiger partial charge is 0.396 e. The lowest BCUT2D eigenvalue weighted by Crippen LogP contribution is -2.19. The Balaban J connectivity index is 2.31. The summed E-state index contributed by atoms with van der Waals surface area (Å²) in [6.07, 6.45) is -0.405. The van der Waals surface area contributed by atoms with Gasteiger partial charge >= 0.3 is 0 Å². The summed E-state index contributed by atoms with van der Waals surface area (Å²) in [6.45, 7) is 0.0289. The SMILES string of the molecule is COCO[C@@H](c1ccc(F)cc1)[C@@H](CO)c1ccccc1. The minimum Gasteiger partial charge on any atom is -0.396 e. The zero-order chi connectivity index (χ0) is 15.1. The molecule has 0 amide bonds. The van der Waals surface area contributed by atoms with Gasteiger partial charge in [0.25, 0.3) is 0 Å². The van der Waals surface area contributed by atoms with E-state index in [1.807, 2.05) is 30.3 Å². The molecule has 0 radical (unpaired) electrons. The van der Waals surface area contributed by atoms with Gasteiger partial charge < -0.3 is 14.6 Å². The van der Waals surface area contributed by atoms with Crippen LogP contribution in [0.3, 0.4) is 0 Å². The second kappa shape index (κ2) is 7.88. The molecule has 2 aromatic rings. The summed E-state index contributed by atoms with van der Waals surface area (Å²) in [5.41, 5.74) is 1.77. The van der Waals surface area contributed by atoms with Crippen LogP contribution in [0.15, 0.2) is 54.6 Å². The van der Waals surface area contributed by atoms with Gasteiger partial charge in [0, 0.05) is 13.0 Å². The highest BCUT2D eigenvalue weighted by molar-refractivity contribution is 5.27. The topological polar surface area (TPSA) is 38.7 Å². The summed E-state index contributed by atoms with van der Waals surface area (Å²) in [6, 6.07) is 15.7. The normalized spacial score (nSPS) is 13.9. The van der Waals surface area contributed by atoms with Gasteiger partial charge in [-0.3, -0.25) is 0 Å². The third-order valence-corrected chi connectivity index (χ3v) is 3.35. The van der Waals surface area contributed by atoms with Crippen LogP contribution in [0.25, 0.3) is 0 Å². The molecule has 1 N–H and O–H groups in total. The molecule has 0 heterocycles. The molecule has 0 aliphatic heterocycles. The number of rotatable bonds is 7. The van der Waals surface area contributed by atoms with Crippen molar-refractivity contribution in [2.75, 3.05) is 20.5 Å². The van der Waals surface area contributed by atoms with Crippen molar-refractivity contribution in [1.82, 2.24) is 0 Å². The van der Waals surface area contributed by atoms with Crippen LogP contribution in [0, 0.1) is 5.82 Å². The summed E-state index contributed by atoms with van der Waals surface area (Å²) in [7, 11) is 1.54. The molecule has 0 fully saturated rings. The maximum atomic E-state index is 13.1. The van der Waals surface area contributed by atoms with E-state index in [1.165, 1.54) is 19.2 Å². The molecule has 0 aliphatic rings. The number of hydrogen-bond acceptors (Lipinski definition) is 3. The standard InChI is InChI=1S/C17H19FO3/c1-20-12-21-17(14-7-9-15(18)10-8-14)16(11-19)13-5-3-2-4-6-13/h2-10,16-17,19H,11-12H2,1H3/t16-,17-/m0/s1. The van der Waals surface area contributed by atoms with Crippen LogP contribution in [0.2, 0.25) is 0 Å². The molecule has 3 nitrogen and oxygen atoms in total. The Morgan fingerprint density at radius 2 is 1.67 bits per heavy atom. The summed E-state index contributed by atoms with van der Waals surface area (Å²) in [5.74, 6) is -0.545. The van der Waals surface area contributed by atoms with E-state index in [9.17, 15) is 9.50 Å². The molecule has 0 saturated carbocycles. The van der Waals surface area contributed by atoms with Crippen LogP contribution in [0.4, 0.5) is 4.39 Å². The van der Waals surface area contributed by atoms with Crippen molar-refractivity contribution in [3.8, 4) is 0 Å². The summed E-state index contributed by atoms with van der Waals surface area (Å²) < 4.78 is 23.8. The number of halogens is 1. The van der Waals surface area contributed by atoms with E-state index in [0.29, 0.717) is 0 Å². The maximum absolute atomic E-state index is 13.1. The van der Waals surface area contributed by atoms with E-state index in [4.69, 9.17) is 9.47 Å². The molecular formula is C17H19FO3. The molecule has 2 aromatic carbocycles. The van der Waals surface area contributed by atoms with E-state index in [0.717, 1.165) is 11.1 Å². The van der Waals surface area contributed by atoms with Gasteiger partial charge in [0.1, 0.15) is 12.6 Å². The molecule has 0 unspecified atom stereocenters. The fraction of sp³-hybridized carbons (Fsp3) is 0.294. The first kappa shape index (κ1) is 15.6. The van der Waals surface area contributed by atoms with Crippen molar-refractivity contribution in [3.63, 3.8) is 0 Å². The van der Waals surface area contributed by atoms with Crippen LogP contribution in [0.5, 0.6) is 0 Å². The first-order valence-corrected chi connectivity index (χ1v) is 6.78. The van der Waals surface area contributed by atoms with Crippen LogP contribution in [0.1, 0.15) is 23.1 Å². The molecule has 21 heavy (non-hydrogen) atoms. The third-order valence-electron chi connectivity index (χ3n) is 3.35. The van der Waals surface area contributed by atoms with Gasteiger partial charge in [0.2, 0.25) is 0 Å². The highest BCUT2D eigenvalue weighted by Crippen LogP contribution is 2.33. The second-order valence-corrected chi connectivity index (χ2v) is 4.75. The van der Waals surface area contributed by atoms with Gasteiger partial charge in [-0.15, -0.1) is 0 Å². The molecular weight excluding hydrogens is 271 g/mol. The van der Waals surface area contributed by atoms with Crippen LogP contribution < -0.4 is 0 Å². The molecule has 0 aromatic heterocycles. The van der Waals surface area contributed by atoms with Crippen molar-refractivity contribution in [1.29, 1.82) is 0 Å². The maximum Gasteiger partial charge on any atom is 0.147 e. The van der Waals surface area contributed by atoms with Crippen molar-refractivity contribution in [2.45, 2.75) is 12.0 Å². The molecule has 0 spiro atoms. The lowest BCUT2D eigenvalue weighted by molar-refractivity contribution is -0.0872. The Morgan fingerprint density at radius 1 is 1.00 bits per heavy atom. The quantitative estimate of drug-likeness (QED) is 0.795. The van der Waals surface area contributed by atoms with Gasteiger partial charge in [0.15, 0.2) is 0 Å². The average molecular weight is 290 g/mol. The Bertz CT molecular complexity index is 527. The fourth-order valence-electron chi connectivity index (χ4n) is 2.31. The second-order valence-electron chi connectivity index (χ2n) is 4.75. The van der Waals surface area contributed by atoms with E-state index in [2.05, 4.69) is 0 Å². The molecule has 4 heteroatoms. The lowest BCUT2D eigenvalue weighted by Gasteiger charge is -2.26. The molecule has 0 saturated heterocycles. The van der Waals surface area contributed by atoms with E-state index in [-0.39, 0.29) is 25.1 Å². The molecule has 0 bridgehead atoms. The average Bonchev–Trinajstić information content (AvgIpc) is 2.53. The van der Waals surface area contributed by atoms with Crippen molar-refractivity contribution in [2.24, 2.45) is 0 Å². The van der Waals surface area contributed by atoms with Gasteiger partial charge in [-0.2, -0.15) is 0 Å². The van der Waals surface area contributed by atoms with Gasteiger partial charge in [0.05, 0.1) is 12.7 Å². The monoisotopic (exact) mass is 290 g/mol. The van der Waals surface area contributed by atoms with Gasteiger partial charge in [-0.1, -0.05) is 42.5 Å². The summed E-state index contributed by atoms with van der Waals surface area (Å²) in [4.78, 5) is 0. The number of aliphatic hydroxyl groups is 1. The van der Waals surface area contributed by atoms with Crippen LogP contribution in [-0.4, -0.2) is 25.6 Å². The molecule has 0 aliphatic carbocycles. The van der Waals surface area contributed by atoms with E-state index in [1.54, 1.807) is 12.1 Å². The van der Waals surface area contributed by atoms with Gasteiger partial charge in [-0.05, 0) is 23.3 Å². The zero-order valence-electron chi connectivity index (χ0n) is 11.9. The highest BCUT2D eigenvalue weighted by atomic mass is 19.1. The summed E-state index contributed by atoms with van der Waals surface area (Å²) in [5, 5.41) is 9.77. The first-order valence-electron chi connectivity index (χ1n) is 6.78. The Hall–Kier alpha value is -1.75. The number of benzene rings is 2. The Kier molecular flexibility index (Phi) is 5.87. The third kappa shape index (κ3) is 4.11. The van der Waals surface area contributed by atoms with Crippen LogP contribution >= 0.6 is 0 Å². The zero-order valence-corrected chi connectivity index (χ0v) is 11.9. The summed E-state index contributed by atoms with van der Waals surface area (Å²) >= 11 is 0. The predicted octanol–water partition coefficient (Wildman–Crippen LogP) is 3.26. The van der Waals surface area contributed by atoms with Crippen molar-refractivity contribution < 1.29 is 19.0 Å². The van der Waals surface area contributed by atoms with Crippen molar-refractivity contribution >= 4 is 0 Å². The fourth-order valence-corrected chi connectivity index (χ4v) is 2.31. The molecule has 112 valence electrons. The number of ether oxygens (including phenoxy) is 2. The minimum absolute atomic E-state index is 0.0736. The van der Waals surface area contributed by atoms with Crippen LogP contribution in [-0.2, 0) is 9.47 Å². The lowest BCUT2D eigenvalue weighted by atomic mass is 9.89.